The van der Waals surface area contributed by atoms with E-state index in [1.54, 1.807) is 18.2 Å². The fraction of sp³-hybridized carbons (Fsp3) is 0.188. The Kier molecular flexibility index (Phi) is 5.12. The van der Waals surface area contributed by atoms with E-state index in [0.29, 0.717) is 27.6 Å². The fourth-order valence-corrected chi connectivity index (χ4v) is 1.95. The molecule has 0 unspecified atom stereocenters. The van der Waals surface area contributed by atoms with Crippen molar-refractivity contribution >= 4 is 23.4 Å². The molecular formula is C16H14ClNO4. The van der Waals surface area contributed by atoms with Crippen molar-refractivity contribution in [2.45, 2.75) is 13.5 Å². The Labute approximate surface area is 132 Å². The van der Waals surface area contributed by atoms with Gasteiger partial charge in [0.1, 0.15) is 17.5 Å². The topological polar surface area (TPSA) is 65.5 Å². The molecule has 6 heteroatoms. The zero-order valence-electron chi connectivity index (χ0n) is 12.1. The molecule has 5 nitrogen and oxygen atoms in total. The molecule has 0 radical (unpaired) electrons. The van der Waals surface area contributed by atoms with Gasteiger partial charge in [0, 0.05) is 17.3 Å². The zero-order chi connectivity index (χ0) is 16.1. The minimum atomic E-state index is -0.528. The summed E-state index contributed by atoms with van der Waals surface area (Å²) in [7, 11) is 1.51. The number of hydrogen-bond donors (Lipinski definition) is 0. The van der Waals surface area contributed by atoms with E-state index in [-0.39, 0.29) is 12.4 Å². The van der Waals surface area contributed by atoms with Gasteiger partial charge in [0.25, 0.3) is 0 Å². The summed E-state index contributed by atoms with van der Waals surface area (Å²) in [4.78, 5) is 27.2. The van der Waals surface area contributed by atoms with Gasteiger partial charge in [-0.2, -0.15) is 0 Å². The van der Waals surface area contributed by atoms with Gasteiger partial charge in [-0.05, 0) is 37.3 Å². The predicted octanol–water partition coefficient (Wildman–Crippen LogP) is 3.30. The normalized spacial score (nSPS) is 10.1. The second-order valence-electron chi connectivity index (χ2n) is 4.53. The van der Waals surface area contributed by atoms with Gasteiger partial charge in [0.2, 0.25) is 0 Å². The molecule has 0 N–H and O–H groups in total. The van der Waals surface area contributed by atoms with Crippen molar-refractivity contribution < 1.29 is 19.1 Å². The molecule has 1 aromatic carbocycles. The number of Topliss-reactive ketones (excluding diaryl/α,β-unsaturated/α-hetero) is 1. The van der Waals surface area contributed by atoms with Crippen LogP contribution in [-0.4, -0.2) is 23.8 Å². The molecule has 0 aliphatic carbocycles. The Morgan fingerprint density at radius 2 is 1.91 bits per heavy atom. The summed E-state index contributed by atoms with van der Waals surface area (Å²) in [5.41, 5.74) is 1.44. The molecule has 0 amide bonds. The highest BCUT2D eigenvalue weighted by molar-refractivity contribution is 6.29. The van der Waals surface area contributed by atoms with Gasteiger partial charge < -0.3 is 9.47 Å². The molecule has 0 aliphatic rings. The number of rotatable bonds is 5. The summed E-state index contributed by atoms with van der Waals surface area (Å²) >= 11 is 5.66. The molecule has 0 fully saturated rings. The lowest BCUT2D eigenvalue weighted by Gasteiger charge is -2.10. The molecule has 0 saturated heterocycles. The van der Waals surface area contributed by atoms with E-state index in [9.17, 15) is 9.59 Å². The molecule has 0 atom stereocenters. The molecule has 114 valence electrons. The Morgan fingerprint density at radius 3 is 2.50 bits per heavy atom. The molecule has 2 aromatic rings. The van der Waals surface area contributed by atoms with Gasteiger partial charge in [0.15, 0.2) is 5.78 Å². The van der Waals surface area contributed by atoms with E-state index in [2.05, 4.69) is 4.98 Å². The van der Waals surface area contributed by atoms with E-state index < -0.39 is 5.97 Å². The van der Waals surface area contributed by atoms with Crippen molar-refractivity contribution in [2.24, 2.45) is 0 Å². The highest BCUT2D eigenvalue weighted by Gasteiger charge is 2.12. The van der Waals surface area contributed by atoms with E-state index in [4.69, 9.17) is 21.1 Å². The first-order valence-corrected chi connectivity index (χ1v) is 6.85. The maximum absolute atomic E-state index is 11.9. The number of esters is 1. The van der Waals surface area contributed by atoms with E-state index in [1.807, 2.05) is 0 Å². The molecule has 0 saturated carbocycles. The fourth-order valence-electron chi connectivity index (χ4n) is 1.83. The quantitative estimate of drug-likeness (QED) is 0.480. The summed E-state index contributed by atoms with van der Waals surface area (Å²) in [6.45, 7) is 1.46. The lowest BCUT2D eigenvalue weighted by atomic mass is 10.1. The van der Waals surface area contributed by atoms with Crippen molar-refractivity contribution in [3.05, 3.63) is 58.4 Å². The Hall–Kier alpha value is -2.40. The number of methoxy groups -OCH3 is 1. The summed E-state index contributed by atoms with van der Waals surface area (Å²) in [5, 5.41) is 0.298. The lowest BCUT2D eigenvalue weighted by Crippen LogP contribution is -2.07. The second-order valence-corrected chi connectivity index (χ2v) is 4.92. The van der Waals surface area contributed by atoms with Crippen LogP contribution in [0.5, 0.6) is 5.75 Å². The van der Waals surface area contributed by atoms with Crippen LogP contribution in [0.15, 0.2) is 36.5 Å². The first kappa shape index (κ1) is 16.0. The van der Waals surface area contributed by atoms with Gasteiger partial charge >= 0.3 is 5.97 Å². The molecule has 2 rings (SSSR count). The summed E-state index contributed by atoms with van der Waals surface area (Å²) in [6.07, 6.45) is 1.34. The molecule has 0 aliphatic heterocycles. The number of hydrogen-bond acceptors (Lipinski definition) is 5. The van der Waals surface area contributed by atoms with Crippen LogP contribution in [-0.2, 0) is 11.3 Å². The number of aromatic nitrogens is 1. The van der Waals surface area contributed by atoms with Crippen LogP contribution in [0.1, 0.15) is 33.2 Å². The van der Waals surface area contributed by atoms with Crippen LogP contribution >= 0.6 is 11.6 Å². The van der Waals surface area contributed by atoms with Crippen LogP contribution < -0.4 is 4.74 Å². The molecular weight excluding hydrogens is 306 g/mol. The van der Waals surface area contributed by atoms with Gasteiger partial charge in [-0.3, -0.25) is 4.79 Å². The first-order chi connectivity index (χ1) is 10.5. The number of halogens is 1. The molecule has 1 heterocycles. The van der Waals surface area contributed by atoms with Crippen molar-refractivity contribution in [3.8, 4) is 5.75 Å². The zero-order valence-corrected chi connectivity index (χ0v) is 12.9. The predicted molar refractivity (Wildman–Crippen MR) is 81.4 cm³/mol. The molecule has 1 aromatic heterocycles. The van der Waals surface area contributed by atoms with Crippen molar-refractivity contribution in [1.82, 2.24) is 4.98 Å². The van der Waals surface area contributed by atoms with Crippen molar-refractivity contribution in [3.63, 3.8) is 0 Å². The van der Waals surface area contributed by atoms with Crippen LogP contribution in [0, 0.1) is 0 Å². The summed E-state index contributed by atoms with van der Waals surface area (Å²) in [5.74, 6) is -0.0522. The number of ketones is 1. The Morgan fingerprint density at radius 1 is 1.18 bits per heavy atom. The standard InChI is InChI=1S/C16H14ClNO4/c1-10(19)11-3-5-14(21-2)13(7-11)9-22-16(20)12-4-6-15(17)18-8-12/h3-8H,9H2,1-2H3. The number of benzene rings is 1. The lowest BCUT2D eigenvalue weighted by molar-refractivity contribution is 0.0469. The largest absolute Gasteiger partial charge is 0.496 e. The van der Waals surface area contributed by atoms with Crippen molar-refractivity contribution in [2.75, 3.05) is 7.11 Å². The summed E-state index contributed by atoms with van der Waals surface area (Å²) in [6, 6.07) is 8.02. The van der Waals surface area contributed by atoms with Gasteiger partial charge in [-0.1, -0.05) is 11.6 Å². The third-order valence-electron chi connectivity index (χ3n) is 3.01. The highest BCUT2D eigenvalue weighted by atomic mass is 35.5. The van der Waals surface area contributed by atoms with E-state index in [1.165, 1.54) is 32.4 Å². The highest BCUT2D eigenvalue weighted by Crippen LogP contribution is 2.21. The maximum atomic E-state index is 11.9. The minimum Gasteiger partial charge on any atom is -0.496 e. The van der Waals surface area contributed by atoms with Crippen LogP contribution in [0.4, 0.5) is 0 Å². The molecule has 0 bridgehead atoms. The van der Waals surface area contributed by atoms with Crippen LogP contribution in [0.25, 0.3) is 0 Å². The third kappa shape index (κ3) is 3.83. The third-order valence-corrected chi connectivity index (χ3v) is 3.23. The molecule has 22 heavy (non-hydrogen) atoms. The number of nitrogens with zero attached hydrogens (tertiary/aromatic N) is 1. The van der Waals surface area contributed by atoms with Gasteiger partial charge in [-0.15, -0.1) is 0 Å². The Balaban J connectivity index is 2.13. The minimum absolute atomic E-state index is 0.00818. The van der Waals surface area contributed by atoms with Crippen molar-refractivity contribution in [1.29, 1.82) is 0 Å². The number of carbonyl (C=O) groups excluding carboxylic acids is 2. The van der Waals surface area contributed by atoms with Gasteiger partial charge in [0.05, 0.1) is 12.7 Å². The molecule has 0 spiro atoms. The average Bonchev–Trinajstić information content (AvgIpc) is 2.52. The average molecular weight is 320 g/mol. The second kappa shape index (κ2) is 7.04. The van der Waals surface area contributed by atoms with E-state index in [0.717, 1.165) is 0 Å². The van der Waals surface area contributed by atoms with Crippen LogP contribution in [0.3, 0.4) is 0 Å². The number of pyridine rings is 1. The maximum Gasteiger partial charge on any atom is 0.340 e. The smallest absolute Gasteiger partial charge is 0.340 e. The number of ether oxygens (including phenoxy) is 2. The summed E-state index contributed by atoms with van der Waals surface area (Å²) < 4.78 is 10.4. The van der Waals surface area contributed by atoms with Crippen LogP contribution in [0.2, 0.25) is 5.15 Å². The Bertz CT molecular complexity index is 698. The monoisotopic (exact) mass is 319 g/mol. The number of carbonyl (C=O) groups is 2. The van der Waals surface area contributed by atoms with E-state index >= 15 is 0 Å². The SMILES string of the molecule is COc1ccc(C(C)=O)cc1COC(=O)c1ccc(Cl)nc1. The first-order valence-electron chi connectivity index (χ1n) is 6.48. The van der Waals surface area contributed by atoms with Gasteiger partial charge in [-0.25, -0.2) is 9.78 Å².